The van der Waals surface area contributed by atoms with Gasteiger partial charge >= 0.3 is 206 Å². The van der Waals surface area contributed by atoms with Gasteiger partial charge in [0.15, 0.2) is 0 Å². The van der Waals surface area contributed by atoms with Crippen molar-refractivity contribution in [3.05, 3.63) is 146 Å². The second-order valence-corrected chi connectivity index (χ2v) is 16.8. The molecule has 0 saturated carbocycles. The van der Waals surface area contributed by atoms with Crippen LogP contribution < -0.4 is 15.9 Å². The third-order valence-corrected chi connectivity index (χ3v) is 15.2. The van der Waals surface area contributed by atoms with E-state index >= 15 is 0 Å². The molecule has 0 atom stereocenters. The second kappa shape index (κ2) is 10.2. The number of hydrogen-bond acceptors (Lipinski definition) is 0. The van der Waals surface area contributed by atoms with Crippen molar-refractivity contribution in [1.29, 1.82) is 0 Å². The van der Waals surface area contributed by atoms with Crippen molar-refractivity contribution < 1.29 is 0 Å². The number of allylic oxidation sites excluding steroid dienone is 3. The number of rotatable bonds is 6. The zero-order chi connectivity index (χ0) is 23.0. The first-order valence-corrected chi connectivity index (χ1v) is 15.4. The Morgan fingerprint density at radius 2 is 1.06 bits per heavy atom. The van der Waals surface area contributed by atoms with Crippen LogP contribution in [0, 0.1) is 11.8 Å². The van der Waals surface area contributed by atoms with Gasteiger partial charge < -0.3 is 0 Å². The first-order chi connectivity index (χ1) is 16.2. The third kappa shape index (κ3) is 4.51. The summed E-state index contributed by atoms with van der Waals surface area (Å²) in [5, 5.41) is 0.758. The molecule has 0 heterocycles. The van der Waals surface area contributed by atoms with Crippen LogP contribution in [0.3, 0.4) is 0 Å². The van der Waals surface area contributed by atoms with Crippen LogP contribution in [0.1, 0.15) is 5.56 Å². The van der Waals surface area contributed by atoms with E-state index in [-0.39, 0.29) is 0 Å². The summed E-state index contributed by atoms with van der Waals surface area (Å²) in [5.41, 5.74) is 2.07. The number of hydrogen-bond donors (Lipinski definition) is 0. The average Bonchev–Trinajstić information content (AvgIpc) is 2.90. The monoisotopic (exact) mass is 508 g/mol. The molecule has 0 fully saturated rings. The van der Waals surface area contributed by atoms with Crippen molar-refractivity contribution in [2.75, 3.05) is 6.16 Å². The molecule has 0 amide bonds. The van der Waals surface area contributed by atoms with Gasteiger partial charge in [0.25, 0.3) is 0 Å². The van der Waals surface area contributed by atoms with Crippen LogP contribution in [0.4, 0.5) is 0 Å². The molecule has 0 spiro atoms. The van der Waals surface area contributed by atoms with Gasteiger partial charge in [-0.2, -0.15) is 0 Å². The fourth-order valence-electron chi connectivity index (χ4n) is 4.17. The molecule has 4 aromatic rings. The van der Waals surface area contributed by atoms with E-state index in [9.17, 15) is 0 Å². The quantitative estimate of drug-likeness (QED) is 0.148. The summed E-state index contributed by atoms with van der Waals surface area (Å²) in [5.74, 6) is 7.06. The van der Waals surface area contributed by atoms with Crippen LogP contribution in [-0.2, 0) is 0 Å². The van der Waals surface area contributed by atoms with E-state index in [4.69, 9.17) is 0 Å². The molecule has 0 aliphatic rings. The summed E-state index contributed by atoms with van der Waals surface area (Å²) in [6, 6.07) is 42.5. The van der Waals surface area contributed by atoms with Crippen molar-refractivity contribution in [2.24, 2.45) is 0 Å². The Bertz CT molecular complexity index is 1200. The van der Waals surface area contributed by atoms with Crippen molar-refractivity contribution >= 4 is 42.3 Å². The molecule has 0 aromatic heterocycles. The minimum atomic E-state index is -3.05. The summed E-state index contributed by atoms with van der Waals surface area (Å²) in [7, 11) is 0. The third-order valence-electron chi connectivity index (χ3n) is 5.85. The van der Waals surface area contributed by atoms with Gasteiger partial charge in [-0.25, -0.2) is 0 Å². The molecule has 0 nitrogen and oxygen atoms in total. The van der Waals surface area contributed by atoms with Crippen molar-refractivity contribution in [2.45, 2.75) is 0 Å². The Morgan fingerprint density at radius 3 is 1.45 bits per heavy atom. The van der Waals surface area contributed by atoms with Crippen LogP contribution in [-0.4, -0.2) is 6.16 Å². The van der Waals surface area contributed by atoms with Crippen LogP contribution in [0.2, 0.25) is 0 Å². The molecule has 0 N–H and O–H groups in total. The molecule has 0 saturated heterocycles. The van der Waals surface area contributed by atoms with Crippen LogP contribution in [0.25, 0.3) is 5.57 Å². The zero-order valence-electron chi connectivity index (χ0n) is 18.4. The van der Waals surface area contributed by atoms with Crippen LogP contribution >= 0.6 is 20.8 Å². The van der Waals surface area contributed by atoms with E-state index in [1.54, 1.807) is 6.08 Å². The zero-order valence-corrected chi connectivity index (χ0v) is 20.9. The Labute approximate surface area is 205 Å². The van der Waals surface area contributed by atoms with Gasteiger partial charge in [0, 0.05) is 0 Å². The maximum atomic E-state index is 4.45. The minimum absolute atomic E-state index is 0.672. The van der Waals surface area contributed by atoms with Gasteiger partial charge in [-0.15, -0.1) is 0 Å². The van der Waals surface area contributed by atoms with E-state index in [1.807, 2.05) is 24.3 Å². The molecule has 0 bridgehead atoms. The fraction of sp³-hybridized carbons (Fsp3) is 0.0323. The fourth-order valence-corrected chi connectivity index (χ4v) is 10.9. The molecule has 162 valence electrons. The first-order valence-electron chi connectivity index (χ1n) is 10.9. The summed E-state index contributed by atoms with van der Waals surface area (Å²) >= 11 is 4.45. The van der Waals surface area contributed by atoms with Crippen molar-refractivity contribution in [3.8, 4) is 11.8 Å². The first kappa shape index (κ1) is 23.0. The van der Waals surface area contributed by atoms with Gasteiger partial charge in [0.2, 0.25) is 0 Å². The predicted octanol–water partition coefficient (Wildman–Crippen LogP) is 7.10. The van der Waals surface area contributed by atoms with Crippen molar-refractivity contribution in [1.82, 2.24) is 0 Å². The van der Waals surface area contributed by atoms with Crippen LogP contribution in [0.15, 0.2) is 140 Å². The summed E-state index contributed by atoms with van der Waals surface area (Å²) in [6.07, 6.45) is 4.46. The van der Waals surface area contributed by atoms with Gasteiger partial charge in [-0.3, -0.25) is 0 Å². The molecule has 0 radical (unpaired) electrons. The summed E-state index contributed by atoms with van der Waals surface area (Å²) < 4.78 is 0. The second-order valence-electron chi connectivity index (χ2n) is 7.83. The predicted molar refractivity (Wildman–Crippen MR) is 151 cm³/mol. The SMILES string of the molecule is C=C/C=C(\C#CCP(Br)(c1ccccc1)(c1ccccc1)c1ccccc1)c1ccccc1. The van der Waals surface area contributed by atoms with E-state index in [0.717, 1.165) is 11.1 Å². The van der Waals surface area contributed by atoms with Gasteiger partial charge in [-0.1, -0.05) is 0 Å². The van der Waals surface area contributed by atoms with E-state index in [0.29, 0.717) is 6.16 Å². The summed E-state index contributed by atoms with van der Waals surface area (Å²) in [4.78, 5) is 0. The Balaban J connectivity index is 1.94. The Morgan fingerprint density at radius 1 is 0.667 bits per heavy atom. The standard InChI is InChI=1S/C31H26BrP/c1-2-16-27(28-17-7-3-8-18-28)19-15-26-33(32,29-20-9-4-10-21-29,30-22-11-5-12-23-30)31-24-13-6-14-25-31/h2-14,16-18,20-25H,1,26H2/b27-16+. The Kier molecular flexibility index (Phi) is 7.10. The van der Waals surface area contributed by atoms with Gasteiger partial charge in [0.1, 0.15) is 0 Å². The van der Waals surface area contributed by atoms with Gasteiger partial charge in [-0.05, 0) is 0 Å². The molecular weight excluding hydrogens is 483 g/mol. The average molecular weight is 509 g/mol. The number of halogens is 1. The van der Waals surface area contributed by atoms with E-state index in [2.05, 4.69) is 137 Å². The molecule has 0 aliphatic heterocycles. The van der Waals surface area contributed by atoms with E-state index in [1.165, 1.54) is 15.9 Å². The van der Waals surface area contributed by atoms with Crippen molar-refractivity contribution in [3.63, 3.8) is 0 Å². The maximum absolute atomic E-state index is 4.45. The molecule has 0 unspecified atom stereocenters. The molecule has 4 aromatic carbocycles. The molecular formula is C31H26BrP. The molecule has 2 heteroatoms. The normalized spacial score (nSPS) is 12.6. The molecule has 4 rings (SSSR count). The van der Waals surface area contributed by atoms with Crippen LogP contribution in [0.5, 0.6) is 0 Å². The summed E-state index contributed by atoms with van der Waals surface area (Å²) in [6.45, 7) is 3.89. The van der Waals surface area contributed by atoms with Gasteiger partial charge in [0.05, 0.1) is 0 Å². The Hall–Kier alpha value is -3.17. The topological polar surface area (TPSA) is 0 Å². The van der Waals surface area contributed by atoms with E-state index < -0.39 is 5.31 Å². The number of benzene rings is 4. The molecule has 33 heavy (non-hydrogen) atoms. The molecule has 0 aliphatic carbocycles.